The number of allylic oxidation sites excluding steroid dienone is 3. The monoisotopic (exact) mass is 228 g/mol. The van der Waals surface area contributed by atoms with E-state index < -0.39 is 12.1 Å². The highest BCUT2D eigenvalue weighted by Crippen LogP contribution is 2.01. The van der Waals surface area contributed by atoms with Crippen LogP contribution in [0.15, 0.2) is 24.3 Å². The zero-order valence-corrected chi connectivity index (χ0v) is 9.54. The number of aliphatic hydroxyl groups excluding tert-OH is 2. The SMILES string of the molecule is C[C@@H](O)CCC/C=C/C=C/[C@@H](O)CC(=O)O. The van der Waals surface area contributed by atoms with E-state index in [9.17, 15) is 4.79 Å². The van der Waals surface area contributed by atoms with E-state index in [4.69, 9.17) is 15.3 Å². The third-order valence-corrected chi connectivity index (χ3v) is 1.96. The van der Waals surface area contributed by atoms with E-state index in [1.807, 2.05) is 6.08 Å². The topological polar surface area (TPSA) is 77.8 Å². The summed E-state index contributed by atoms with van der Waals surface area (Å²) < 4.78 is 0. The zero-order valence-electron chi connectivity index (χ0n) is 9.54. The molecule has 4 heteroatoms. The van der Waals surface area contributed by atoms with Gasteiger partial charge in [-0.05, 0) is 26.2 Å². The Hall–Kier alpha value is -1.13. The number of hydrogen-bond acceptors (Lipinski definition) is 3. The summed E-state index contributed by atoms with van der Waals surface area (Å²) in [4.78, 5) is 10.2. The predicted molar refractivity (Wildman–Crippen MR) is 62.1 cm³/mol. The molecule has 0 unspecified atom stereocenters. The van der Waals surface area contributed by atoms with Gasteiger partial charge in [-0.25, -0.2) is 0 Å². The fourth-order valence-corrected chi connectivity index (χ4v) is 1.15. The van der Waals surface area contributed by atoms with Crippen molar-refractivity contribution in [3.05, 3.63) is 24.3 Å². The Kier molecular flexibility index (Phi) is 8.48. The Labute approximate surface area is 95.9 Å². The maximum atomic E-state index is 10.2. The van der Waals surface area contributed by atoms with Gasteiger partial charge >= 0.3 is 5.97 Å². The second-order valence-corrected chi connectivity index (χ2v) is 3.76. The third kappa shape index (κ3) is 10.9. The Balaban J connectivity index is 3.58. The molecule has 0 fully saturated rings. The lowest BCUT2D eigenvalue weighted by molar-refractivity contribution is -0.138. The first-order chi connectivity index (χ1) is 7.52. The number of carboxylic acid groups (broad SMARTS) is 1. The third-order valence-electron chi connectivity index (χ3n) is 1.96. The molecule has 0 radical (unpaired) electrons. The van der Waals surface area contributed by atoms with Crippen LogP contribution in [0.25, 0.3) is 0 Å². The van der Waals surface area contributed by atoms with Crippen LogP contribution in [0.3, 0.4) is 0 Å². The lowest BCUT2D eigenvalue weighted by Crippen LogP contribution is -2.09. The molecule has 0 saturated carbocycles. The Morgan fingerprint density at radius 2 is 2.00 bits per heavy atom. The van der Waals surface area contributed by atoms with Gasteiger partial charge in [-0.1, -0.05) is 24.3 Å². The summed E-state index contributed by atoms with van der Waals surface area (Å²) in [6, 6.07) is 0. The quantitative estimate of drug-likeness (QED) is 0.434. The van der Waals surface area contributed by atoms with Crippen molar-refractivity contribution in [2.24, 2.45) is 0 Å². The Bertz CT molecular complexity index is 243. The van der Waals surface area contributed by atoms with Gasteiger partial charge in [0.05, 0.1) is 18.6 Å². The molecule has 0 rings (SSSR count). The van der Waals surface area contributed by atoms with Gasteiger partial charge in [0.15, 0.2) is 0 Å². The fraction of sp³-hybridized carbons (Fsp3) is 0.583. The molecule has 0 aromatic carbocycles. The number of hydrogen-bond donors (Lipinski definition) is 3. The van der Waals surface area contributed by atoms with Crippen LogP contribution in [0.2, 0.25) is 0 Å². The number of unbranched alkanes of at least 4 members (excludes halogenated alkanes) is 1. The van der Waals surface area contributed by atoms with Crippen LogP contribution in [-0.4, -0.2) is 33.5 Å². The molecule has 0 aromatic rings. The molecule has 16 heavy (non-hydrogen) atoms. The molecule has 0 amide bonds. The lowest BCUT2D eigenvalue weighted by Gasteiger charge is -2.00. The number of aliphatic hydroxyl groups is 2. The van der Waals surface area contributed by atoms with E-state index in [2.05, 4.69) is 0 Å². The summed E-state index contributed by atoms with van der Waals surface area (Å²) in [6.45, 7) is 1.76. The van der Waals surface area contributed by atoms with Gasteiger partial charge in [0.1, 0.15) is 0 Å². The van der Waals surface area contributed by atoms with Crippen molar-refractivity contribution >= 4 is 5.97 Å². The standard InChI is InChI=1S/C12H20O4/c1-10(13)7-5-3-2-4-6-8-11(14)9-12(15)16/h2,4,6,8,10-11,13-14H,3,5,7,9H2,1H3,(H,15,16)/b4-2+,8-6+/t10-,11-/m1/s1. The molecule has 92 valence electrons. The van der Waals surface area contributed by atoms with Gasteiger partial charge in [0, 0.05) is 0 Å². The zero-order chi connectivity index (χ0) is 12.4. The summed E-state index contributed by atoms with van der Waals surface area (Å²) in [6.07, 6.45) is 7.86. The minimum absolute atomic E-state index is 0.263. The van der Waals surface area contributed by atoms with Crippen LogP contribution in [0.4, 0.5) is 0 Å². The highest BCUT2D eigenvalue weighted by atomic mass is 16.4. The van der Waals surface area contributed by atoms with E-state index in [1.54, 1.807) is 19.1 Å². The maximum absolute atomic E-state index is 10.2. The summed E-state index contributed by atoms with van der Waals surface area (Å²) in [5, 5.41) is 26.5. The molecular formula is C12H20O4. The molecule has 0 saturated heterocycles. The number of rotatable bonds is 8. The number of aliphatic carboxylic acids is 1. The molecule has 0 aliphatic rings. The van der Waals surface area contributed by atoms with Crippen LogP contribution in [0.5, 0.6) is 0 Å². The van der Waals surface area contributed by atoms with Gasteiger partial charge in [-0.3, -0.25) is 4.79 Å². The van der Waals surface area contributed by atoms with E-state index in [-0.39, 0.29) is 12.5 Å². The van der Waals surface area contributed by atoms with Gasteiger partial charge in [0.2, 0.25) is 0 Å². The van der Waals surface area contributed by atoms with E-state index >= 15 is 0 Å². The van der Waals surface area contributed by atoms with Crippen LogP contribution in [0, 0.1) is 0 Å². The minimum Gasteiger partial charge on any atom is -0.481 e. The van der Waals surface area contributed by atoms with Gasteiger partial charge < -0.3 is 15.3 Å². The second kappa shape index (κ2) is 9.12. The highest BCUT2D eigenvalue weighted by molar-refractivity contribution is 5.67. The largest absolute Gasteiger partial charge is 0.481 e. The van der Waals surface area contributed by atoms with Crippen molar-refractivity contribution in [1.82, 2.24) is 0 Å². The van der Waals surface area contributed by atoms with Gasteiger partial charge in [-0.15, -0.1) is 0 Å². The normalized spacial score (nSPS) is 15.7. The van der Waals surface area contributed by atoms with E-state index in [1.165, 1.54) is 6.08 Å². The number of carboxylic acids is 1. The molecule has 2 atom stereocenters. The summed E-state index contributed by atoms with van der Waals surface area (Å²) in [7, 11) is 0. The highest BCUT2D eigenvalue weighted by Gasteiger charge is 2.03. The molecule has 0 aliphatic carbocycles. The fourth-order valence-electron chi connectivity index (χ4n) is 1.15. The van der Waals surface area contributed by atoms with Gasteiger partial charge in [-0.2, -0.15) is 0 Å². The molecule has 4 nitrogen and oxygen atoms in total. The molecule has 0 heterocycles. The van der Waals surface area contributed by atoms with Crippen LogP contribution < -0.4 is 0 Å². The Morgan fingerprint density at radius 3 is 2.56 bits per heavy atom. The van der Waals surface area contributed by atoms with Crippen molar-refractivity contribution in [1.29, 1.82) is 0 Å². The average molecular weight is 228 g/mol. The molecule has 0 aromatic heterocycles. The summed E-state index contributed by atoms with van der Waals surface area (Å²) >= 11 is 0. The first-order valence-corrected chi connectivity index (χ1v) is 5.43. The van der Waals surface area contributed by atoms with E-state index in [0.29, 0.717) is 0 Å². The molecule has 0 bridgehead atoms. The van der Waals surface area contributed by atoms with Crippen molar-refractivity contribution in [3.63, 3.8) is 0 Å². The van der Waals surface area contributed by atoms with E-state index in [0.717, 1.165) is 19.3 Å². The molecular weight excluding hydrogens is 208 g/mol. The number of carbonyl (C=O) groups is 1. The lowest BCUT2D eigenvalue weighted by atomic mass is 10.1. The van der Waals surface area contributed by atoms with Gasteiger partial charge in [0.25, 0.3) is 0 Å². The Morgan fingerprint density at radius 1 is 1.31 bits per heavy atom. The average Bonchev–Trinajstić information content (AvgIpc) is 2.14. The second-order valence-electron chi connectivity index (χ2n) is 3.76. The first kappa shape index (κ1) is 14.9. The smallest absolute Gasteiger partial charge is 0.306 e. The van der Waals surface area contributed by atoms with Crippen LogP contribution >= 0.6 is 0 Å². The van der Waals surface area contributed by atoms with Crippen molar-refractivity contribution in [2.45, 2.75) is 44.8 Å². The summed E-state index contributed by atoms with van der Waals surface area (Å²) in [5.41, 5.74) is 0. The molecule has 0 spiro atoms. The maximum Gasteiger partial charge on any atom is 0.306 e. The van der Waals surface area contributed by atoms with Crippen LogP contribution in [-0.2, 0) is 4.79 Å². The van der Waals surface area contributed by atoms with Crippen molar-refractivity contribution in [2.75, 3.05) is 0 Å². The first-order valence-electron chi connectivity index (χ1n) is 5.43. The van der Waals surface area contributed by atoms with Crippen molar-refractivity contribution < 1.29 is 20.1 Å². The molecule has 3 N–H and O–H groups in total. The molecule has 0 aliphatic heterocycles. The predicted octanol–water partition coefficient (Wildman–Crippen LogP) is 1.49. The van der Waals surface area contributed by atoms with Crippen molar-refractivity contribution in [3.8, 4) is 0 Å². The summed E-state index contributed by atoms with van der Waals surface area (Å²) in [5.74, 6) is -1.02. The van der Waals surface area contributed by atoms with Crippen LogP contribution in [0.1, 0.15) is 32.6 Å². The minimum atomic E-state index is -1.02.